The molecule has 0 atom stereocenters. The van der Waals surface area contributed by atoms with E-state index in [4.69, 9.17) is 11.7 Å². The topological polar surface area (TPSA) is 35.0 Å². The molecule has 0 N–H and O–H groups in total. The summed E-state index contributed by atoms with van der Waals surface area (Å²) in [7, 11) is 1.61. The molecular weight excluding hydrogens is 164 g/mol. The molecule has 2 rings (SSSR count). The molecule has 0 aliphatic rings. The van der Waals surface area contributed by atoms with Crippen LogP contribution in [0.3, 0.4) is 0 Å². The van der Waals surface area contributed by atoms with Crippen molar-refractivity contribution in [2.45, 2.75) is 0 Å². The minimum atomic E-state index is 0.476. The molecule has 3 nitrogen and oxygen atoms in total. The van der Waals surface area contributed by atoms with Gasteiger partial charge in [0.25, 0.3) is 0 Å². The molecule has 0 fully saturated rings. The molecule has 64 valence electrons. The summed E-state index contributed by atoms with van der Waals surface area (Å²) in [6, 6.07) is 5.52. The number of hydrogen-bond acceptors (Lipinski definition) is 3. The van der Waals surface area contributed by atoms with Gasteiger partial charge in [0.05, 0.1) is 18.3 Å². The Morgan fingerprint density at radius 1 is 1.31 bits per heavy atom. The van der Waals surface area contributed by atoms with Gasteiger partial charge in [-0.1, -0.05) is 0 Å². The molecule has 1 aromatic carbocycles. The summed E-state index contributed by atoms with van der Waals surface area (Å²) in [6.45, 7) is 5.67. The Labute approximate surface area is 76.4 Å². The lowest BCUT2D eigenvalue weighted by Crippen LogP contribution is -1.88. The van der Waals surface area contributed by atoms with Crippen molar-refractivity contribution in [2.24, 2.45) is 0 Å². The van der Waals surface area contributed by atoms with Crippen LogP contribution in [-0.4, -0.2) is 17.1 Å². The highest BCUT2D eigenvalue weighted by molar-refractivity contribution is 5.82. The second kappa shape index (κ2) is 3.01. The molecule has 13 heavy (non-hydrogen) atoms. The van der Waals surface area contributed by atoms with Crippen LogP contribution in [0.1, 0.15) is 5.69 Å². The van der Waals surface area contributed by atoms with E-state index in [0.29, 0.717) is 5.69 Å². The minimum Gasteiger partial charge on any atom is -0.497 e. The molecule has 0 aliphatic carbocycles. The molecule has 2 aromatic rings. The zero-order valence-electron chi connectivity index (χ0n) is 7.19. The summed E-state index contributed by atoms with van der Waals surface area (Å²) >= 11 is 0. The number of rotatable bonds is 1. The summed E-state index contributed by atoms with van der Waals surface area (Å²) in [5.74, 6) is 0.758. The highest BCUT2D eigenvalue weighted by atomic mass is 16.5. The molecule has 0 amide bonds. The van der Waals surface area contributed by atoms with Crippen LogP contribution in [-0.2, 0) is 0 Å². The highest BCUT2D eigenvalue weighted by Gasteiger charge is 2.00. The Balaban J connectivity index is 2.74. The number of benzene rings is 1. The van der Waals surface area contributed by atoms with E-state index >= 15 is 0 Å². The van der Waals surface area contributed by atoms with Gasteiger partial charge >= 0.3 is 0 Å². The Hall–Kier alpha value is -1.64. The average Bonchev–Trinajstić information content (AvgIpc) is 2.18. The van der Waals surface area contributed by atoms with Crippen molar-refractivity contribution in [3.63, 3.8) is 0 Å². The monoisotopic (exact) mass is 172 g/mol. The third-order valence-corrected chi connectivity index (χ3v) is 1.87. The lowest BCUT2D eigenvalue weighted by molar-refractivity contribution is 0.415. The number of nitrogens with zero attached hydrogens (tertiary/aromatic N) is 2. The van der Waals surface area contributed by atoms with Crippen molar-refractivity contribution < 1.29 is 4.74 Å². The molecule has 0 unspecified atom stereocenters. The first-order valence-electron chi connectivity index (χ1n) is 3.85. The van der Waals surface area contributed by atoms with E-state index in [1.54, 1.807) is 7.11 Å². The molecule has 0 saturated heterocycles. The van der Waals surface area contributed by atoms with Crippen LogP contribution < -0.4 is 4.74 Å². The molecule has 0 bridgehead atoms. The standard InChI is InChI=1S/C10H8N2O/c1-7-9-5-8(13-2)3-4-10(9)12-6-11-7/h1,3-6H,2H3. The van der Waals surface area contributed by atoms with Crippen molar-refractivity contribution >= 4 is 10.9 Å². The second-order valence-corrected chi connectivity index (χ2v) is 2.64. The Morgan fingerprint density at radius 2 is 2.15 bits per heavy atom. The SMILES string of the molecule is [CH]c1ncnc2ccc(OC)cc12. The van der Waals surface area contributed by atoms with E-state index in [1.807, 2.05) is 18.2 Å². The molecule has 1 aromatic heterocycles. The van der Waals surface area contributed by atoms with Gasteiger partial charge in [-0.05, 0) is 18.2 Å². The third kappa shape index (κ3) is 1.33. The molecule has 1 heterocycles. The molecule has 2 radical (unpaired) electrons. The third-order valence-electron chi connectivity index (χ3n) is 1.87. The predicted molar refractivity (Wildman–Crippen MR) is 49.5 cm³/mol. The van der Waals surface area contributed by atoms with Gasteiger partial charge in [0.15, 0.2) is 0 Å². The molecule has 0 spiro atoms. The van der Waals surface area contributed by atoms with Crippen molar-refractivity contribution in [3.8, 4) is 5.75 Å². The van der Waals surface area contributed by atoms with E-state index in [2.05, 4.69) is 9.97 Å². The van der Waals surface area contributed by atoms with E-state index in [0.717, 1.165) is 16.7 Å². The van der Waals surface area contributed by atoms with E-state index in [9.17, 15) is 0 Å². The summed E-state index contributed by atoms with van der Waals surface area (Å²) in [6.07, 6.45) is 1.45. The summed E-state index contributed by atoms with van der Waals surface area (Å²) < 4.78 is 5.07. The predicted octanol–water partition coefficient (Wildman–Crippen LogP) is 1.70. The Kier molecular flexibility index (Phi) is 1.85. The maximum Gasteiger partial charge on any atom is 0.119 e. The minimum absolute atomic E-state index is 0.476. The maximum atomic E-state index is 5.67. The quantitative estimate of drug-likeness (QED) is 0.656. The normalized spacial score (nSPS) is 10.3. The Bertz CT molecular complexity index is 440. The number of fused-ring (bicyclic) bond motifs is 1. The van der Waals surface area contributed by atoms with Gasteiger partial charge in [-0.25, -0.2) is 9.97 Å². The summed E-state index contributed by atoms with van der Waals surface area (Å²) in [4.78, 5) is 7.96. The zero-order chi connectivity index (χ0) is 9.26. The van der Waals surface area contributed by atoms with Gasteiger partial charge in [0.1, 0.15) is 12.1 Å². The number of aromatic nitrogens is 2. The first kappa shape index (κ1) is 7.98. The number of hydrogen-bond donors (Lipinski definition) is 0. The van der Waals surface area contributed by atoms with E-state index in [1.165, 1.54) is 6.33 Å². The second-order valence-electron chi connectivity index (χ2n) is 2.64. The zero-order valence-corrected chi connectivity index (χ0v) is 7.19. The molecule has 3 heteroatoms. The van der Waals surface area contributed by atoms with Crippen LogP contribution in [0.5, 0.6) is 5.75 Å². The lowest BCUT2D eigenvalue weighted by Gasteiger charge is -2.02. The van der Waals surface area contributed by atoms with Gasteiger partial charge in [-0.3, -0.25) is 0 Å². The molecular formula is C10H8N2O. The van der Waals surface area contributed by atoms with Crippen molar-refractivity contribution in [2.75, 3.05) is 7.11 Å². The summed E-state index contributed by atoms with van der Waals surface area (Å²) in [5.41, 5.74) is 1.30. The van der Waals surface area contributed by atoms with Crippen molar-refractivity contribution in [1.82, 2.24) is 9.97 Å². The van der Waals surface area contributed by atoms with Crippen LogP contribution >= 0.6 is 0 Å². The van der Waals surface area contributed by atoms with Crippen LogP contribution in [0.25, 0.3) is 10.9 Å². The first-order chi connectivity index (χ1) is 6.31. The van der Waals surface area contributed by atoms with Crippen LogP contribution in [0.4, 0.5) is 0 Å². The number of methoxy groups -OCH3 is 1. The smallest absolute Gasteiger partial charge is 0.119 e. The van der Waals surface area contributed by atoms with Crippen LogP contribution in [0.15, 0.2) is 24.5 Å². The average molecular weight is 172 g/mol. The van der Waals surface area contributed by atoms with Crippen molar-refractivity contribution in [3.05, 3.63) is 37.1 Å². The first-order valence-corrected chi connectivity index (χ1v) is 3.85. The number of ether oxygens (including phenoxy) is 1. The molecule has 0 aliphatic heterocycles. The van der Waals surface area contributed by atoms with E-state index in [-0.39, 0.29) is 0 Å². The van der Waals surface area contributed by atoms with Crippen LogP contribution in [0, 0.1) is 6.92 Å². The highest BCUT2D eigenvalue weighted by Crippen LogP contribution is 2.20. The van der Waals surface area contributed by atoms with Gasteiger partial charge in [-0.15, -0.1) is 0 Å². The van der Waals surface area contributed by atoms with Gasteiger partial charge in [0.2, 0.25) is 0 Å². The van der Waals surface area contributed by atoms with Crippen LogP contribution in [0.2, 0.25) is 0 Å². The largest absolute Gasteiger partial charge is 0.497 e. The molecule has 0 saturated carbocycles. The van der Waals surface area contributed by atoms with Gasteiger partial charge < -0.3 is 4.74 Å². The fourth-order valence-corrected chi connectivity index (χ4v) is 1.18. The Morgan fingerprint density at radius 3 is 2.92 bits per heavy atom. The lowest BCUT2D eigenvalue weighted by atomic mass is 10.2. The van der Waals surface area contributed by atoms with Gasteiger partial charge in [-0.2, -0.15) is 0 Å². The van der Waals surface area contributed by atoms with E-state index < -0.39 is 0 Å². The fraction of sp³-hybridized carbons (Fsp3) is 0.100. The van der Waals surface area contributed by atoms with Crippen molar-refractivity contribution in [1.29, 1.82) is 0 Å². The fourth-order valence-electron chi connectivity index (χ4n) is 1.18. The maximum absolute atomic E-state index is 5.67. The summed E-state index contributed by atoms with van der Waals surface area (Å²) in [5, 5.41) is 0.821. The van der Waals surface area contributed by atoms with Gasteiger partial charge in [0, 0.05) is 12.3 Å².